The molecule has 0 atom stereocenters. The normalized spacial score (nSPS) is 11.0. The van der Waals surface area contributed by atoms with Gasteiger partial charge in [-0.2, -0.15) is 0 Å². The van der Waals surface area contributed by atoms with E-state index in [0.29, 0.717) is 35.9 Å². The molecule has 2 aromatic heterocycles. The fourth-order valence-corrected chi connectivity index (χ4v) is 5.26. The summed E-state index contributed by atoms with van der Waals surface area (Å²) in [5, 5.41) is 3.83. The van der Waals surface area contributed by atoms with E-state index < -0.39 is 0 Å². The fourth-order valence-electron chi connectivity index (χ4n) is 3.02. The molecule has 2 aromatic carbocycles. The van der Waals surface area contributed by atoms with Gasteiger partial charge in [-0.25, -0.2) is 4.98 Å². The Morgan fingerprint density at radius 1 is 1.25 bits per heavy atom. The number of fused-ring (bicyclic) bond motifs is 1. The molecule has 32 heavy (non-hydrogen) atoms. The molecule has 1 N–H and O–H groups in total. The monoisotopic (exact) mass is 504 g/mol. The first kappa shape index (κ1) is 22.5. The average molecular weight is 505 g/mol. The van der Waals surface area contributed by atoms with Crippen molar-refractivity contribution in [1.29, 1.82) is 0 Å². The van der Waals surface area contributed by atoms with Crippen molar-refractivity contribution in [2.45, 2.75) is 5.16 Å². The molecule has 0 saturated carbocycles. The Bertz CT molecular complexity index is 1430. The smallest absolute Gasteiger partial charge is 0.273 e. The number of hydrogen-bond donors (Lipinski definition) is 1. The summed E-state index contributed by atoms with van der Waals surface area (Å²) in [6, 6.07) is 14.3. The third kappa shape index (κ3) is 4.44. The molecule has 0 aliphatic rings. The molecule has 0 bridgehead atoms. The highest BCUT2D eigenvalue weighted by Crippen LogP contribution is 2.27. The largest absolute Gasteiger partial charge is 0.495 e. The van der Waals surface area contributed by atoms with Crippen molar-refractivity contribution in [3.05, 3.63) is 67.9 Å². The molecule has 4 aromatic rings. The molecule has 2 heterocycles. The molecule has 0 aliphatic heterocycles. The molecular formula is C21H17ClN4O3S3. The number of para-hydroxylation sites is 2. The van der Waals surface area contributed by atoms with Crippen LogP contribution in [0.2, 0.25) is 5.02 Å². The van der Waals surface area contributed by atoms with Crippen LogP contribution in [0.25, 0.3) is 16.0 Å². The van der Waals surface area contributed by atoms with Crippen LogP contribution >= 0.6 is 46.9 Å². The number of nitrogens with one attached hydrogen (secondary N) is 1. The van der Waals surface area contributed by atoms with Crippen LogP contribution in [0.15, 0.2) is 58.5 Å². The van der Waals surface area contributed by atoms with Crippen LogP contribution in [-0.2, 0) is 11.8 Å². The summed E-state index contributed by atoms with van der Waals surface area (Å²) in [6.45, 7) is 0. The summed E-state index contributed by atoms with van der Waals surface area (Å²) >= 11 is 13.9. The maximum atomic E-state index is 12.9. The minimum Gasteiger partial charge on any atom is -0.495 e. The second-order valence-corrected chi connectivity index (χ2v) is 9.65. The predicted molar refractivity (Wildman–Crippen MR) is 132 cm³/mol. The number of carbonyl (C=O) groups is 1. The highest BCUT2D eigenvalue weighted by atomic mass is 35.5. The minimum absolute atomic E-state index is 0.0651. The average Bonchev–Trinajstić information content (AvgIpc) is 3.12. The molecule has 1 amide bonds. The van der Waals surface area contributed by atoms with Crippen molar-refractivity contribution in [2.75, 3.05) is 18.2 Å². The van der Waals surface area contributed by atoms with E-state index in [4.69, 9.17) is 28.6 Å². The molecule has 7 nitrogen and oxygen atoms in total. The zero-order valence-corrected chi connectivity index (χ0v) is 20.2. The maximum Gasteiger partial charge on any atom is 0.273 e. The maximum absolute atomic E-state index is 12.9. The molecule has 4 rings (SSSR count). The van der Waals surface area contributed by atoms with Crippen LogP contribution in [-0.4, -0.2) is 32.9 Å². The van der Waals surface area contributed by atoms with E-state index in [1.54, 1.807) is 43.0 Å². The van der Waals surface area contributed by atoms with Gasteiger partial charge in [-0.3, -0.25) is 18.7 Å². The lowest BCUT2D eigenvalue weighted by atomic mass is 10.3. The van der Waals surface area contributed by atoms with E-state index in [1.807, 2.05) is 24.3 Å². The number of thioether (sulfide) groups is 1. The summed E-state index contributed by atoms with van der Waals surface area (Å²) in [4.78, 5) is 30.1. The number of methoxy groups -OCH3 is 1. The lowest BCUT2D eigenvalue weighted by Gasteiger charge is -2.11. The van der Waals surface area contributed by atoms with Gasteiger partial charge in [0.2, 0.25) is 5.91 Å². The van der Waals surface area contributed by atoms with E-state index in [9.17, 15) is 9.59 Å². The van der Waals surface area contributed by atoms with Crippen LogP contribution in [0.1, 0.15) is 0 Å². The Kier molecular flexibility index (Phi) is 6.66. The Balaban J connectivity index is 1.64. The van der Waals surface area contributed by atoms with Gasteiger partial charge < -0.3 is 10.1 Å². The highest BCUT2D eigenvalue weighted by molar-refractivity contribution is 7.99. The first-order valence-corrected chi connectivity index (χ1v) is 11.9. The van der Waals surface area contributed by atoms with Gasteiger partial charge >= 0.3 is 0 Å². The molecule has 0 fully saturated rings. The molecule has 0 saturated heterocycles. The van der Waals surface area contributed by atoms with Gasteiger partial charge in [0.05, 0.1) is 18.6 Å². The predicted octanol–water partition coefficient (Wildman–Crippen LogP) is 4.91. The second kappa shape index (κ2) is 9.45. The van der Waals surface area contributed by atoms with Crippen LogP contribution in [0.3, 0.4) is 0 Å². The fraction of sp³-hybridized carbons (Fsp3) is 0.143. The van der Waals surface area contributed by atoms with Crippen molar-refractivity contribution in [2.24, 2.45) is 7.05 Å². The van der Waals surface area contributed by atoms with Crippen LogP contribution < -0.4 is 15.6 Å². The summed E-state index contributed by atoms with van der Waals surface area (Å²) in [6.07, 6.45) is 0. The summed E-state index contributed by atoms with van der Waals surface area (Å²) in [5.74, 6) is 0.391. The van der Waals surface area contributed by atoms with Crippen molar-refractivity contribution in [3.8, 4) is 11.4 Å². The third-order valence-electron chi connectivity index (χ3n) is 4.57. The number of benzene rings is 2. The first-order valence-electron chi connectivity index (χ1n) is 9.33. The Labute approximate surface area is 201 Å². The molecular weight excluding hydrogens is 488 g/mol. The van der Waals surface area contributed by atoms with Crippen molar-refractivity contribution in [3.63, 3.8) is 0 Å². The van der Waals surface area contributed by atoms with E-state index >= 15 is 0 Å². The first-order chi connectivity index (χ1) is 15.4. The summed E-state index contributed by atoms with van der Waals surface area (Å²) in [5.41, 5.74) is 1.58. The number of hydrogen-bond acceptors (Lipinski definition) is 7. The van der Waals surface area contributed by atoms with Gasteiger partial charge in [0.1, 0.15) is 10.4 Å². The number of thiazole rings is 1. The lowest BCUT2D eigenvalue weighted by molar-refractivity contribution is -0.113. The molecule has 164 valence electrons. The third-order valence-corrected chi connectivity index (χ3v) is 7.21. The van der Waals surface area contributed by atoms with Crippen LogP contribution in [0.4, 0.5) is 5.69 Å². The number of aromatic nitrogens is 3. The van der Waals surface area contributed by atoms with Gasteiger partial charge in [0.25, 0.3) is 5.56 Å². The summed E-state index contributed by atoms with van der Waals surface area (Å²) < 4.78 is 9.39. The molecule has 0 radical (unpaired) electrons. The van der Waals surface area contributed by atoms with Gasteiger partial charge in [-0.05, 0) is 48.6 Å². The van der Waals surface area contributed by atoms with Crippen LogP contribution in [0.5, 0.6) is 5.75 Å². The molecule has 0 unspecified atom stereocenters. The van der Waals surface area contributed by atoms with Gasteiger partial charge in [-0.15, -0.1) is 0 Å². The van der Waals surface area contributed by atoms with Gasteiger partial charge in [0.15, 0.2) is 14.8 Å². The summed E-state index contributed by atoms with van der Waals surface area (Å²) in [7, 11) is 3.17. The Hall–Kier alpha value is -2.66. The van der Waals surface area contributed by atoms with Gasteiger partial charge in [0, 0.05) is 17.8 Å². The SMILES string of the molecule is COc1ccccc1NC(=O)CSc1nc2c(sc(=S)n2-c2ccc(Cl)cc2)c(=O)n1C. The second-order valence-electron chi connectivity index (χ2n) is 6.63. The molecule has 0 aliphatic carbocycles. The van der Waals surface area contributed by atoms with E-state index in [0.717, 1.165) is 5.69 Å². The van der Waals surface area contributed by atoms with Gasteiger partial charge in [-0.1, -0.05) is 46.8 Å². The number of anilines is 1. The number of nitrogens with zero attached hydrogens (tertiary/aromatic N) is 3. The van der Waals surface area contributed by atoms with E-state index in [-0.39, 0.29) is 17.2 Å². The lowest BCUT2D eigenvalue weighted by Crippen LogP contribution is -2.21. The molecule has 11 heteroatoms. The van der Waals surface area contributed by atoms with Crippen LogP contribution in [0, 0.1) is 3.95 Å². The van der Waals surface area contributed by atoms with Crippen molar-refractivity contribution in [1.82, 2.24) is 14.1 Å². The number of amides is 1. The highest BCUT2D eigenvalue weighted by Gasteiger charge is 2.17. The van der Waals surface area contributed by atoms with E-state index in [1.165, 1.54) is 27.7 Å². The Morgan fingerprint density at radius 3 is 2.69 bits per heavy atom. The number of carbonyl (C=O) groups excluding carboxylic acids is 1. The van der Waals surface area contributed by atoms with Crippen molar-refractivity contribution < 1.29 is 9.53 Å². The topological polar surface area (TPSA) is 78.2 Å². The quantitative estimate of drug-likeness (QED) is 0.228. The van der Waals surface area contributed by atoms with Crippen molar-refractivity contribution >= 4 is 68.9 Å². The minimum atomic E-state index is -0.242. The molecule has 0 spiro atoms. The number of rotatable bonds is 6. The number of ether oxygens (including phenoxy) is 1. The van der Waals surface area contributed by atoms with E-state index in [2.05, 4.69) is 10.3 Å². The zero-order chi connectivity index (χ0) is 22.8. The Morgan fingerprint density at radius 2 is 1.97 bits per heavy atom. The standard InChI is InChI=1S/C21H17ClN4O3S3/c1-25-19(28)17-18(26(21(30)32-17)13-9-7-12(22)8-10-13)24-20(25)31-11-16(27)23-14-5-3-4-6-15(14)29-2/h3-10H,11H2,1-2H3,(H,23,27). The zero-order valence-electron chi connectivity index (χ0n) is 17.0. The number of halogens is 1.